The van der Waals surface area contributed by atoms with Crippen LogP contribution in [0, 0.1) is 5.82 Å². The highest BCUT2D eigenvalue weighted by atomic mass is 19.1. The van der Waals surface area contributed by atoms with Crippen LogP contribution in [0.3, 0.4) is 0 Å². The predicted octanol–water partition coefficient (Wildman–Crippen LogP) is 4.20. The molecule has 144 valence electrons. The molecule has 2 aliphatic rings. The monoisotopic (exact) mass is 379 g/mol. The molecule has 3 aromatic rings. The van der Waals surface area contributed by atoms with E-state index in [1.54, 1.807) is 23.1 Å². The van der Waals surface area contributed by atoms with Gasteiger partial charge in [-0.05, 0) is 55.3 Å². The summed E-state index contributed by atoms with van der Waals surface area (Å²) in [5.41, 5.74) is 3.57. The van der Waals surface area contributed by atoms with Gasteiger partial charge in [0, 0.05) is 30.5 Å². The smallest absolute Gasteiger partial charge is 0.258 e. The lowest BCUT2D eigenvalue weighted by Gasteiger charge is -2.19. The second kappa shape index (κ2) is 6.71. The number of hydrogen-bond acceptors (Lipinski definition) is 4. The van der Waals surface area contributed by atoms with Gasteiger partial charge in [-0.15, -0.1) is 0 Å². The minimum Gasteiger partial charge on any atom is -0.440 e. The van der Waals surface area contributed by atoms with Gasteiger partial charge in [-0.1, -0.05) is 13.0 Å². The first-order valence-corrected chi connectivity index (χ1v) is 9.82. The van der Waals surface area contributed by atoms with Gasteiger partial charge in [-0.25, -0.2) is 9.37 Å². The maximum atomic E-state index is 13.7. The number of oxazole rings is 1. The van der Waals surface area contributed by atoms with Crippen LogP contribution in [0.4, 0.5) is 10.1 Å². The van der Waals surface area contributed by atoms with Crippen LogP contribution in [0.25, 0.3) is 11.1 Å². The first-order chi connectivity index (χ1) is 13.6. The Kier molecular flexibility index (Phi) is 4.16. The van der Waals surface area contributed by atoms with Crippen molar-refractivity contribution in [1.29, 1.82) is 0 Å². The Labute approximate surface area is 162 Å². The summed E-state index contributed by atoms with van der Waals surface area (Å²) in [7, 11) is 0. The van der Waals surface area contributed by atoms with Crippen molar-refractivity contribution in [2.45, 2.75) is 31.6 Å². The number of piperidine rings is 1. The van der Waals surface area contributed by atoms with E-state index < -0.39 is 0 Å². The molecule has 2 aliphatic heterocycles. The molecule has 0 spiro atoms. The third kappa shape index (κ3) is 2.88. The Morgan fingerprint density at radius 1 is 1.29 bits per heavy atom. The molecular formula is C22H22FN3O2. The number of carbonyl (C=O) groups excluding carboxylic acids is 1. The number of fused-ring (bicyclic) bond motifs is 2. The van der Waals surface area contributed by atoms with Crippen LogP contribution >= 0.6 is 0 Å². The van der Waals surface area contributed by atoms with E-state index in [1.165, 1.54) is 12.1 Å². The highest BCUT2D eigenvalue weighted by Gasteiger charge is 2.31. The van der Waals surface area contributed by atoms with Crippen LogP contribution in [-0.2, 0) is 0 Å². The second-order valence-electron chi connectivity index (χ2n) is 7.80. The summed E-state index contributed by atoms with van der Waals surface area (Å²) < 4.78 is 19.7. The fourth-order valence-corrected chi connectivity index (χ4v) is 4.30. The normalized spacial score (nSPS) is 21.9. The summed E-state index contributed by atoms with van der Waals surface area (Å²) in [6, 6.07) is 10.0. The largest absolute Gasteiger partial charge is 0.440 e. The minimum atomic E-state index is -0.331. The highest BCUT2D eigenvalue weighted by Crippen LogP contribution is 2.37. The number of nitrogens with zero attached hydrogens (tertiary/aromatic N) is 2. The summed E-state index contributed by atoms with van der Waals surface area (Å²) >= 11 is 0. The second-order valence-corrected chi connectivity index (χ2v) is 7.80. The van der Waals surface area contributed by atoms with Crippen LogP contribution in [0.1, 0.15) is 53.4 Å². The van der Waals surface area contributed by atoms with Gasteiger partial charge in [0.15, 0.2) is 11.5 Å². The maximum absolute atomic E-state index is 13.7. The van der Waals surface area contributed by atoms with Crippen molar-refractivity contribution in [1.82, 2.24) is 10.3 Å². The molecule has 0 radical (unpaired) electrons. The standard InChI is InChI=1S/C22H22FN3O2/c1-13-12-26(19-10-16(23)5-6-17(13)19)22(27)14-4-7-18-20(9-14)28-21(25-18)15-3-2-8-24-11-15/h4-7,9-10,13,15,24H,2-3,8,11-12H2,1H3/t13-,15?/m1/s1. The van der Waals surface area contributed by atoms with E-state index in [1.807, 2.05) is 13.0 Å². The number of nitrogens with one attached hydrogen (secondary N) is 1. The molecule has 2 aromatic carbocycles. The van der Waals surface area contributed by atoms with E-state index in [9.17, 15) is 9.18 Å². The number of aromatic nitrogens is 1. The van der Waals surface area contributed by atoms with Crippen molar-refractivity contribution in [3.8, 4) is 0 Å². The summed E-state index contributed by atoms with van der Waals surface area (Å²) in [5.74, 6) is 0.708. The molecule has 2 atom stereocenters. The van der Waals surface area contributed by atoms with Crippen molar-refractivity contribution in [2.24, 2.45) is 0 Å². The molecule has 6 heteroatoms. The highest BCUT2D eigenvalue weighted by molar-refractivity contribution is 6.08. The zero-order valence-electron chi connectivity index (χ0n) is 15.7. The van der Waals surface area contributed by atoms with Gasteiger partial charge >= 0.3 is 0 Å². The van der Waals surface area contributed by atoms with Gasteiger partial charge in [0.1, 0.15) is 11.3 Å². The van der Waals surface area contributed by atoms with Gasteiger partial charge in [0.05, 0.1) is 5.69 Å². The molecule has 1 fully saturated rings. The quantitative estimate of drug-likeness (QED) is 0.725. The molecule has 0 saturated carbocycles. The minimum absolute atomic E-state index is 0.143. The Hall–Kier alpha value is -2.73. The van der Waals surface area contributed by atoms with E-state index in [-0.39, 0.29) is 23.6 Å². The molecule has 28 heavy (non-hydrogen) atoms. The molecule has 5 rings (SSSR count). The number of amides is 1. The first-order valence-electron chi connectivity index (χ1n) is 9.82. The Bertz CT molecular complexity index is 1060. The summed E-state index contributed by atoms with van der Waals surface area (Å²) in [5, 5.41) is 3.37. The third-order valence-electron chi connectivity index (χ3n) is 5.81. The fraction of sp³-hybridized carbons (Fsp3) is 0.364. The molecule has 5 nitrogen and oxygen atoms in total. The van der Waals surface area contributed by atoms with E-state index >= 15 is 0 Å². The SMILES string of the molecule is C[C@@H]1CN(C(=O)c2ccc3nc(C4CCCNC4)oc3c2)c2cc(F)ccc21. The summed E-state index contributed by atoms with van der Waals surface area (Å²) in [4.78, 5) is 19.4. The molecule has 1 amide bonds. The average Bonchev–Trinajstić information content (AvgIpc) is 3.28. The molecule has 0 aliphatic carbocycles. The molecule has 1 unspecified atom stereocenters. The topological polar surface area (TPSA) is 58.4 Å². The number of rotatable bonds is 2. The lowest BCUT2D eigenvalue weighted by molar-refractivity contribution is 0.0988. The van der Waals surface area contributed by atoms with E-state index in [4.69, 9.17) is 4.42 Å². The molecule has 1 N–H and O–H groups in total. The van der Waals surface area contributed by atoms with E-state index in [0.717, 1.165) is 42.9 Å². The van der Waals surface area contributed by atoms with E-state index in [0.29, 0.717) is 23.4 Å². The van der Waals surface area contributed by atoms with Gasteiger partial charge in [0.25, 0.3) is 5.91 Å². The summed E-state index contributed by atoms with van der Waals surface area (Å²) in [6.07, 6.45) is 2.16. The number of hydrogen-bond donors (Lipinski definition) is 1. The van der Waals surface area contributed by atoms with Crippen LogP contribution in [-0.4, -0.2) is 30.5 Å². The van der Waals surface area contributed by atoms with Crippen molar-refractivity contribution < 1.29 is 13.6 Å². The van der Waals surface area contributed by atoms with Gasteiger partial charge < -0.3 is 14.6 Å². The summed E-state index contributed by atoms with van der Waals surface area (Å²) in [6.45, 7) is 4.50. The molecule has 3 heterocycles. The Morgan fingerprint density at radius 3 is 3.00 bits per heavy atom. The molecular weight excluding hydrogens is 357 g/mol. The first kappa shape index (κ1) is 17.4. The average molecular weight is 379 g/mol. The van der Waals surface area contributed by atoms with Crippen LogP contribution in [0.15, 0.2) is 40.8 Å². The molecule has 0 bridgehead atoms. The van der Waals surface area contributed by atoms with Crippen molar-refractivity contribution in [3.63, 3.8) is 0 Å². The van der Waals surface area contributed by atoms with Crippen LogP contribution < -0.4 is 10.2 Å². The maximum Gasteiger partial charge on any atom is 0.258 e. The number of carbonyl (C=O) groups is 1. The van der Waals surface area contributed by atoms with Gasteiger partial charge in [-0.3, -0.25) is 4.79 Å². The fourth-order valence-electron chi connectivity index (χ4n) is 4.30. The lowest BCUT2D eigenvalue weighted by Crippen LogP contribution is -2.29. The van der Waals surface area contributed by atoms with Crippen molar-refractivity contribution in [2.75, 3.05) is 24.5 Å². The third-order valence-corrected chi connectivity index (χ3v) is 5.81. The zero-order chi connectivity index (χ0) is 19.3. The van der Waals surface area contributed by atoms with Crippen LogP contribution in [0.5, 0.6) is 0 Å². The van der Waals surface area contributed by atoms with Crippen LogP contribution in [0.2, 0.25) is 0 Å². The zero-order valence-corrected chi connectivity index (χ0v) is 15.7. The molecule has 1 saturated heterocycles. The van der Waals surface area contributed by atoms with Crippen molar-refractivity contribution >= 4 is 22.7 Å². The number of anilines is 1. The van der Waals surface area contributed by atoms with Crippen molar-refractivity contribution in [3.05, 3.63) is 59.2 Å². The number of benzene rings is 2. The lowest BCUT2D eigenvalue weighted by atomic mass is 10.00. The number of halogens is 1. The van der Waals surface area contributed by atoms with E-state index in [2.05, 4.69) is 10.3 Å². The molecule has 1 aromatic heterocycles. The Balaban J connectivity index is 1.46. The predicted molar refractivity (Wildman–Crippen MR) is 105 cm³/mol. The Morgan fingerprint density at radius 2 is 2.18 bits per heavy atom. The van der Waals surface area contributed by atoms with Gasteiger partial charge in [0.2, 0.25) is 0 Å². The van der Waals surface area contributed by atoms with Gasteiger partial charge in [-0.2, -0.15) is 0 Å².